The average Bonchev–Trinajstić information content (AvgIpc) is 2.79. The van der Waals surface area contributed by atoms with Gasteiger partial charge in [0.05, 0.1) is 21.6 Å². The number of carbonyl (C=O) groups is 1. The molecule has 0 aliphatic carbocycles. The van der Waals surface area contributed by atoms with Crippen molar-refractivity contribution in [2.24, 2.45) is 11.1 Å². The highest BCUT2D eigenvalue weighted by molar-refractivity contribution is 7.91. The van der Waals surface area contributed by atoms with Gasteiger partial charge in [-0.1, -0.05) is 18.2 Å². The summed E-state index contributed by atoms with van der Waals surface area (Å²) in [7, 11) is -3.76. The average molecular weight is 456 g/mol. The number of primary amides is 1. The first-order valence-corrected chi connectivity index (χ1v) is 12.0. The summed E-state index contributed by atoms with van der Waals surface area (Å²) in [6.07, 6.45) is 2.12. The molecule has 0 unspecified atom stereocenters. The van der Waals surface area contributed by atoms with E-state index in [1.54, 1.807) is 18.3 Å². The number of fused-ring (bicyclic) bond motifs is 1. The fourth-order valence-corrected chi connectivity index (χ4v) is 5.89. The minimum atomic E-state index is -3.76. The molecule has 0 spiro atoms. The highest BCUT2D eigenvalue weighted by Gasteiger charge is 2.43. The summed E-state index contributed by atoms with van der Waals surface area (Å²) in [4.78, 5) is 16.5. The lowest BCUT2D eigenvalue weighted by molar-refractivity contribution is -0.144. The van der Waals surface area contributed by atoms with E-state index in [0.717, 1.165) is 21.5 Å². The van der Waals surface area contributed by atoms with Crippen LogP contribution in [0.25, 0.3) is 10.9 Å². The number of pyridine rings is 1. The Morgan fingerprint density at radius 1 is 1.09 bits per heavy atom. The van der Waals surface area contributed by atoms with E-state index in [-0.39, 0.29) is 36.6 Å². The number of carbonyl (C=O) groups excluding carboxylic acids is 1. The van der Waals surface area contributed by atoms with Gasteiger partial charge in [-0.05, 0) is 49.2 Å². The van der Waals surface area contributed by atoms with Crippen LogP contribution in [0.2, 0.25) is 0 Å². The lowest BCUT2D eigenvalue weighted by atomic mass is 9.80. The zero-order valence-corrected chi connectivity index (χ0v) is 18.3. The smallest absolute Gasteiger partial charge is 0.224 e. The van der Waals surface area contributed by atoms with Gasteiger partial charge >= 0.3 is 0 Å². The van der Waals surface area contributed by atoms with Crippen molar-refractivity contribution in [1.29, 1.82) is 0 Å². The molecule has 1 aliphatic heterocycles. The van der Waals surface area contributed by atoms with Crippen LogP contribution >= 0.6 is 0 Å². The zero-order valence-electron chi connectivity index (χ0n) is 17.5. The first-order chi connectivity index (χ1) is 15.3. The molecule has 168 valence electrons. The second-order valence-electron chi connectivity index (χ2n) is 8.10. The standard InChI is InChI=1S/C23H25N3O5S/c24-22(27)23(10-13-26(28)14-11-23)16-32(29,30)19-7-5-18(6-8-19)31-15-17-9-12-25-21-4-2-1-3-20(17)21/h1-9,12,28H,10-11,13-16H2,(H2,24,27). The van der Waals surface area contributed by atoms with Crippen LogP contribution in [0.1, 0.15) is 18.4 Å². The topological polar surface area (TPSA) is 123 Å². The van der Waals surface area contributed by atoms with Crippen molar-refractivity contribution in [3.05, 3.63) is 66.4 Å². The van der Waals surface area contributed by atoms with Crippen LogP contribution in [0.15, 0.2) is 65.7 Å². The van der Waals surface area contributed by atoms with Crippen LogP contribution < -0.4 is 10.5 Å². The minimum Gasteiger partial charge on any atom is -0.489 e. The van der Waals surface area contributed by atoms with E-state index < -0.39 is 21.2 Å². The minimum absolute atomic E-state index is 0.103. The predicted octanol–water partition coefficient (Wildman–Crippen LogP) is 2.54. The molecule has 2 heterocycles. The molecule has 4 rings (SSSR count). The number of ether oxygens (including phenoxy) is 1. The Morgan fingerprint density at radius 2 is 1.78 bits per heavy atom. The Bertz CT molecular complexity index is 1210. The fourth-order valence-electron chi connectivity index (χ4n) is 4.02. The largest absolute Gasteiger partial charge is 0.489 e. The number of hydrogen-bond acceptors (Lipinski definition) is 7. The van der Waals surface area contributed by atoms with Crippen LogP contribution in [-0.2, 0) is 21.2 Å². The van der Waals surface area contributed by atoms with Gasteiger partial charge in [0.2, 0.25) is 5.91 Å². The van der Waals surface area contributed by atoms with Gasteiger partial charge in [0.1, 0.15) is 12.4 Å². The third-order valence-electron chi connectivity index (χ3n) is 6.00. The molecule has 1 aromatic heterocycles. The van der Waals surface area contributed by atoms with Gasteiger partial charge in [0.15, 0.2) is 9.84 Å². The molecule has 1 fully saturated rings. The summed E-state index contributed by atoms with van der Waals surface area (Å²) >= 11 is 0. The molecule has 8 nitrogen and oxygen atoms in total. The van der Waals surface area contributed by atoms with Crippen molar-refractivity contribution < 1.29 is 23.2 Å². The monoisotopic (exact) mass is 455 g/mol. The number of piperidine rings is 1. The van der Waals surface area contributed by atoms with Crippen LogP contribution in [0.5, 0.6) is 5.75 Å². The van der Waals surface area contributed by atoms with Gasteiger partial charge in [-0.3, -0.25) is 9.78 Å². The Labute approximate surface area is 186 Å². The lowest BCUT2D eigenvalue weighted by Crippen LogP contribution is -2.49. The third-order valence-corrected chi connectivity index (χ3v) is 7.93. The predicted molar refractivity (Wildman–Crippen MR) is 119 cm³/mol. The molecule has 2 aromatic carbocycles. The quantitative estimate of drug-likeness (QED) is 0.561. The summed E-state index contributed by atoms with van der Waals surface area (Å²) in [6.45, 7) is 0.724. The maximum absolute atomic E-state index is 13.0. The second-order valence-corrected chi connectivity index (χ2v) is 10.1. The Morgan fingerprint density at radius 3 is 2.47 bits per heavy atom. The molecular formula is C23H25N3O5S. The maximum atomic E-state index is 13.0. The number of para-hydroxylation sites is 1. The molecule has 3 N–H and O–H groups in total. The molecule has 1 aliphatic rings. The van der Waals surface area contributed by atoms with Gasteiger partial charge in [0.25, 0.3) is 0 Å². The molecule has 0 saturated carbocycles. The molecule has 3 aromatic rings. The summed E-state index contributed by atoms with van der Waals surface area (Å²) in [5, 5.41) is 11.7. The second kappa shape index (κ2) is 8.85. The molecule has 32 heavy (non-hydrogen) atoms. The summed E-state index contributed by atoms with van der Waals surface area (Å²) < 4.78 is 31.9. The van der Waals surface area contributed by atoms with E-state index in [0.29, 0.717) is 12.4 Å². The van der Waals surface area contributed by atoms with Crippen molar-refractivity contribution in [1.82, 2.24) is 10.0 Å². The zero-order chi connectivity index (χ0) is 22.8. The number of rotatable bonds is 7. The van der Waals surface area contributed by atoms with E-state index >= 15 is 0 Å². The molecule has 0 atom stereocenters. The molecule has 0 bridgehead atoms. The van der Waals surface area contributed by atoms with Crippen LogP contribution in [0.3, 0.4) is 0 Å². The third kappa shape index (κ3) is 4.59. The van der Waals surface area contributed by atoms with Gasteiger partial charge < -0.3 is 15.7 Å². The van der Waals surface area contributed by atoms with Crippen molar-refractivity contribution >= 4 is 26.6 Å². The van der Waals surface area contributed by atoms with E-state index in [2.05, 4.69) is 4.98 Å². The molecule has 1 saturated heterocycles. The molecular weight excluding hydrogens is 430 g/mol. The Balaban J connectivity index is 1.47. The number of sulfone groups is 1. The van der Waals surface area contributed by atoms with Crippen molar-refractivity contribution in [2.75, 3.05) is 18.8 Å². The Kier molecular flexibility index (Phi) is 6.14. The Hall–Kier alpha value is -3.01. The van der Waals surface area contributed by atoms with E-state index in [1.165, 1.54) is 12.1 Å². The van der Waals surface area contributed by atoms with Gasteiger partial charge in [0, 0.05) is 30.2 Å². The van der Waals surface area contributed by atoms with Crippen LogP contribution in [0.4, 0.5) is 0 Å². The number of nitrogens with two attached hydrogens (primary N) is 1. The first-order valence-electron chi connectivity index (χ1n) is 10.3. The van der Waals surface area contributed by atoms with Gasteiger partial charge in [-0.25, -0.2) is 8.42 Å². The van der Waals surface area contributed by atoms with Crippen molar-refractivity contribution in [3.63, 3.8) is 0 Å². The number of aromatic nitrogens is 1. The van der Waals surface area contributed by atoms with Crippen molar-refractivity contribution in [2.45, 2.75) is 24.3 Å². The first kappa shape index (κ1) is 22.2. The number of nitrogens with zero attached hydrogens (tertiary/aromatic N) is 2. The fraction of sp³-hybridized carbons (Fsp3) is 0.304. The maximum Gasteiger partial charge on any atom is 0.224 e. The van der Waals surface area contributed by atoms with Gasteiger partial charge in [-0.2, -0.15) is 5.06 Å². The summed E-state index contributed by atoms with van der Waals surface area (Å²) in [5.74, 6) is -0.506. The molecule has 1 amide bonds. The number of benzene rings is 2. The number of hydroxylamine groups is 2. The lowest BCUT2D eigenvalue weighted by Gasteiger charge is -2.36. The highest BCUT2D eigenvalue weighted by Crippen LogP contribution is 2.34. The normalized spacial score (nSPS) is 16.7. The molecule has 9 heteroatoms. The van der Waals surface area contributed by atoms with Crippen molar-refractivity contribution in [3.8, 4) is 5.75 Å². The molecule has 0 radical (unpaired) electrons. The highest BCUT2D eigenvalue weighted by atomic mass is 32.2. The van der Waals surface area contributed by atoms with Crippen LogP contribution in [-0.4, -0.2) is 48.4 Å². The van der Waals surface area contributed by atoms with E-state index in [9.17, 15) is 18.4 Å². The number of hydrogen-bond donors (Lipinski definition) is 2. The number of amides is 1. The van der Waals surface area contributed by atoms with Crippen LogP contribution in [0, 0.1) is 5.41 Å². The van der Waals surface area contributed by atoms with E-state index in [4.69, 9.17) is 10.5 Å². The summed E-state index contributed by atoms with van der Waals surface area (Å²) in [6, 6.07) is 15.8. The van der Waals surface area contributed by atoms with E-state index in [1.807, 2.05) is 30.3 Å². The summed E-state index contributed by atoms with van der Waals surface area (Å²) in [5.41, 5.74) is 6.24. The SMILES string of the molecule is NC(=O)C1(CS(=O)(=O)c2ccc(OCc3ccnc4ccccc34)cc2)CCN(O)CC1. The van der Waals surface area contributed by atoms with Gasteiger partial charge in [-0.15, -0.1) is 0 Å².